The van der Waals surface area contributed by atoms with Gasteiger partial charge >= 0.3 is 6.03 Å². The van der Waals surface area contributed by atoms with Gasteiger partial charge in [0.2, 0.25) is 17.6 Å². The van der Waals surface area contributed by atoms with Crippen LogP contribution in [0.25, 0.3) is 0 Å². The Hall–Kier alpha value is -2.65. The van der Waals surface area contributed by atoms with Crippen molar-refractivity contribution in [1.29, 1.82) is 0 Å². The minimum Gasteiger partial charge on any atom is -0.363 e. The first-order valence-corrected chi connectivity index (χ1v) is 11.3. The Morgan fingerprint density at radius 3 is 2.34 bits per heavy atom. The fourth-order valence-electron chi connectivity index (χ4n) is 4.76. The van der Waals surface area contributed by atoms with E-state index in [1.807, 2.05) is 0 Å². The Bertz CT molecular complexity index is 1860. The number of likely N-dealkylation sites (tertiary alicyclic amines) is 1. The number of fused-ring (bicyclic) bond motifs is 1. The monoisotopic (exact) mass is 561 g/mol. The quantitative estimate of drug-likeness (QED) is 0.318. The van der Waals surface area contributed by atoms with E-state index in [9.17, 15) is 24.0 Å². The topological polar surface area (TPSA) is 151 Å². The zero-order valence-electron chi connectivity index (χ0n) is 47.4. The van der Waals surface area contributed by atoms with Gasteiger partial charge in [-0.2, -0.15) is 0 Å². The number of hydrogen-bond acceptors (Lipinski definition) is 5. The molecule has 10 nitrogen and oxygen atoms in total. The third-order valence-corrected chi connectivity index (χ3v) is 6.63. The van der Waals surface area contributed by atoms with Gasteiger partial charge in [-0.3, -0.25) is 19.2 Å². The summed E-state index contributed by atoms with van der Waals surface area (Å²) >= 11 is 0. The molecule has 1 unspecified atom stereocenters. The highest BCUT2D eigenvalue weighted by atomic mass is 16.2. The first-order valence-electron chi connectivity index (χ1n) is 24.8. The normalized spacial score (nSPS) is 43.6. The van der Waals surface area contributed by atoms with Crippen LogP contribution in [0.4, 0.5) is 4.79 Å². The molecule has 0 radical (unpaired) electrons. The lowest BCUT2D eigenvalue weighted by Crippen LogP contribution is -2.60. The van der Waals surface area contributed by atoms with Gasteiger partial charge < -0.3 is 26.6 Å². The average molecular weight is 561 g/mol. The molecule has 2 aliphatic carbocycles. The number of urea groups is 1. The molecule has 5 N–H and O–H groups in total. The summed E-state index contributed by atoms with van der Waals surface area (Å²) in [5, 5.41) is 4.61. The maximum Gasteiger partial charge on any atom is 0.315 e. The summed E-state index contributed by atoms with van der Waals surface area (Å²) in [7, 11) is 0. The summed E-state index contributed by atoms with van der Waals surface area (Å²) in [5.41, 5.74) is -4.17. The molecule has 2 saturated carbocycles. The van der Waals surface area contributed by atoms with E-state index in [-0.39, 0.29) is 0 Å². The summed E-state index contributed by atoms with van der Waals surface area (Å²) in [4.78, 5) is 68.9. The van der Waals surface area contributed by atoms with Gasteiger partial charge in [0.25, 0.3) is 5.91 Å². The van der Waals surface area contributed by atoms with Gasteiger partial charge in [0, 0.05) is 49.1 Å². The second kappa shape index (κ2) is 10.5. The van der Waals surface area contributed by atoms with Crippen molar-refractivity contribution in [3.8, 4) is 0 Å². The van der Waals surface area contributed by atoms with Gasteiger partial charge in [-0.25, -0.2) is 4.79 Å². The van der Waals surface area contributed by atoms with E-state index in [1.165, 1.54) is 19.2 Å². The Morgan fingerprint density at radius 2 is 1.76 bits per heavy atom. The molecule has 3 rings (SSSR count). The molecule has 1 aliphatic heterocycles. The average Bonchev–Trinajstić information content (AvgIpc) is 3.36. The molecule has 1 saturated heterocycles. The molecule has 10 heteroatoms. The molecule has 0 aromatic heterocycles. The number of nitrogens with two attached hydrogens (primary N) is 1. The number of ketones is 1. The van der Waals surface area contributed by atoms with Crippen LogP contribution < -0.4 is 21.7 Å². The minimum atomic E-state index is -4.21. The number of hydrogen-bond donors (Lipinski definition) is 4. The molecule has 3 aliphatic rings. The Labute approximate surface area is 264 Å². The van der Waals surface area contributed by atoms with Gasteiger partial charge in [-0.05, 0) is 61.9 Å². The highest BCUT2D eigenvalue weighted by molar-refractivity contribution is 6.37. The zero-order valence-corrected chi connectivity index (χ0v) is 20.4. The van der Waals surface area contributed by atoms with Crippen LogP contribution in [0, 0.1) is 28.6 Å². The number of nitrogens with one attached hydrogen (secondary N) is 3. The fraction of sp³-hybridized carbons (Fsp3) is 0.821. The van der Waals surface area contributed by atoms with E-state index >= 15 is 0 Å². The van der Waals surface area contributed by atoms with E-state index in [4.69, 9.17) is 42.7 Å². The number of piperidine rings is 1. The minimum absolute atomic E-state index is 0.424. The lowest BCUT2D eigenvalue weighted by atomic mass is 9.80. The van der Waals surface area contributed by atoms with Crippen LogP contribution in [0.2, 0.25) is 0 Å². The molecule has 0 aromatic carbocycles. The summed E-state index contributed by atoms with van der Waals surface area (Å²) in [6, 6.07) is -10.4. The lowest BCUT2D eigenvalue weighted by molar-refractivity contribution is -0.144. The molecule has 214 valence electrons. The molecule has 0 bridgehead atoms. The summed E-state index contributed by atoms with van der Waals surface area (Å²) < 4.78 is 218. The molecule has 0 spiro atoms. The predicted octanol–water partition coefficient (Wildman–Crippen LogP) is 2.10. The van der Waals surface area contributed by atoms with Crippen LogP contribution in [0.5, 0.6) is 0 Å². The fourth-order valence-corrected chi connectivity index (χ4v) is 4.76. The van der Waals surface area contributed by atoms with Crippen molar-refractivity contribution in [3.05, 3.63) is 0 Å². The Morgan fingerprint density at radius 1 is 1.11 bits per heavy atom. The first kappa shape index (κ1) is 10.1. The summed E-state index contributed by atoms with van der Waals surface area (Å²) in [6.45, 7) is -22.6. The molecule has 0 aromatic rings. The predicted molar refractivity (Wildman–Crippen MR) is 144 cm³/mol. The molecule has 5 amide bonds. The number of Topliss-reactive ketones (excluding diaryl/α,β-unsaturated/α-hetero) is 1. The third-order valence-electron chi connectivity index (χ3n) is 6.63. The van der Waals surface area contributed by atoms with E-state index < -0.39 is 161 Å². The molecular formula is C28H47N5O5. The van der Waals surface area contributed by atoms with Gasteiger partial charge in [0.15, 0.2) is 0 Å². The number of amides is 5. The summed E-state index contributed by atoms with van der Waals surface area (Å²) in [6.07, 6.45) is -17.4. The van der Waals surface area contributed by atoms with E-state index in [0.717, 1.165) is 0 Å². The smallest absolute Gasteiger partial charge is 0.315 e. The highest BCUT2D eigenvalue weighted by Crippen LogP contribution is 2.65. The SMILES string of the molecule is [2H]C([2H])([2H])C(C[C@H](NC(=O)NC(C([2H])([2H])[2H])(C([2H])([2H])[2H])C([2H])([2H])[2H])C(=O)N1C[C@H]2[C@@H]([C@H]1C(=O)NC(C(=O)C(N)=O)C([2H])([2H])C1([2H])C([2H])([2H])C([2H])([2H])C1([2H])[2H])C2(C)C)(C([2H])([2H])[2H])C([2H])([2H])[2H]. The van der Waals surface area contributed by atoms with Crippen LogP contribution in [0.1, 0.15) is 124 Å². The second-order valence-corrected chi connectivity index (χ2v) is 9.96. The zero-order chi connectivity index (χ0) is 51.9. The van der Waals surface area contributed by atoms with Crippen molar-refractivity contribution in [1.82, 2.24) is 20.9 Å². The molecular weight excluding hydrogens is 486 g/mol. The first-order chi connectivity index (χ1) is 28.2. The standard InChI is InChI=1S/C28H47N5O5/c1-26(2,3)13-18(31-25(38)32-27(4,5)6)24(37)33-14-16-19(28(16,7)8)20(33)23(36)30-17(21(34)22(29)35)12-15-10-9-11-15/h15-20H,9-14H2,1-8H3,(H2,29,35)(H,30,36)(H2,31,32,38)/t16-,17?,18-,19-,20-/m0/s1/i1D3,2D3,3D3,4D3,5D3,6D3,9D2,10D2,11D2,12D2,15D. The van der Waals surface area contributed by atoms with Crippen LogP contribution in [0.15, 0.2) is 0 Å². The number of nitrogens with zero attached hydrogens (tertiary/aromatic N) is 1. The van der Waals surface area contributed by atoms with Crippen molar-refractivity contribution >= 4 is 29.5 Å². The van der Waals surface area contributed by atoms with Gasteiger partial charge in [-0.1, -0.05) is 53.5 Å². The lowest BCUT2D eigenvalue weighted by Gasteiger charge is -2.36. The molecule has 3 fully saturated rings. The summed E-state index contributed by atoms with van der Waals surface area (Å²) in [5.74, 6) is -13.6. The largest absolute Gasteiger partial charge is 0.363 e. The number of carbonyl (C=O) groups is 5. The van der Waals surface area contributed by atoms with Gasteiger partial charge in [-0.15, -0.1) is 0 Å². The third kappa shape index (κ3) is 6.86. The Balaban J connectivity index is 2.32. The maximum absolute atomic E-state index is 14.8. The van der Waals surface area contributed by atoms with Crippen molar-refractivity contribution in [2.75, 3.05) is 6.54 Å². The van der Waals surface area contributed by atoms with Crippen LogP contribution in [-0.4, -0.2) is 64.6 Å². The van der Waals surface area contributed by atoms with Crippen molar-refractivity contribution in [3.63, 3.8) is 0 Å². The van der Waals surface area contributed by atoms with Crippen LogP contribution in [0.3, 0.4) is 0 Å². The van der Waals surface area contributed by atoms with E-state index in [0.29, 0.717) is 4.90 Å². The number of primary amides is 1. The van der Waals surface area contributed by atoms with Crippen molar-refractivity contribution < 1.29 is 61.0 Å². The van der Waals surface area contributed by atoms with Crippen molar-refractivity contribution in [2.24, 2.45) is 34.3 Å². The Kier molecular flexibility index (Phi) is 2.78. The van der Waals surface area contributed by atoms with Crippen LogP contribution in [-0.2, 0) is 19.2 Å². The second-order valence-electron chi connectivity index (χ2n) is 9.96. The van der Waals surface area contributed by atoms with E-state index in [1.54, 1.807) is 10.6 Å². The molecule has 5 atom stereocenters. The van der Waals surface area contributed by atoms with Gasteiger partial charge in [0.05, 0.1) is 6.04 Å². The van der Waals surface area contributed by atoms with Crippen molar-refractivity contribution in [2.45, 2.75) is 111 Å². The van der Waals surface area contributed by atoms with Gasteiger partial charge in [0.1, 0.15) is 12.1 Å². The van der Waals surface area contributed by atoms with E-state index in [2.05, 4.69) is 0 Å². The van der Waals surface area contributed by atoms with Crippen LogP contribution >= 0.6 is 0 Å². The number of rotatable bonds is 9. The molecule has 1 heterocycles. The number of carbonyl (C=O) groups excluding carboxylic acids is 5. The highest BCUT2D eigenvalue weighted by Gasteiger charge is 2.69. The molecule has 38 heavy (non-hydrogen) atoms. The maximum atomic E-state index is 14.8.